The van der Waals surface area contributed by atoms with Gasteiger partial charge in [0.05, 0.1) is 43.9 Å². The maximum absolute atomic E-state index is 14.3. The molecule has 38 heavy (non-hydrogen) atoms. The van der Waals surface area contributed by atoms with Gasteiger partial charge in [-0.1, -0.05) is 62.4 Å². The van der Waals surface area contributed by atoms with Crippen molar-refractivity contribution in [3.8, 4) is 0 Å². The molecule has 0 aliphatic carbocycles. The quantitative estimate of drug-likeness (QED) is 0.370. The number of halogens is 1. The first-order chi connectivity index (χ1) is 18.2. The highest BCUT2D eigenvalue weighted by Gasteiger charge is 2.27. The summed E-state index contributed by atoms with van der Waals surface area (Å²) in [6.07, 6.45) is 1.52. The number of morpholine rings is 1. The smallest absolute Gasteiger partial charge is 0.228 e. The molecule has 1 saturated heterocycles. The van der Waals surface area contributed by atoms with Crippen molar-refractivity contribution in [1.82, 2.24) is 19.4 Å². The average Bonchev–Trinajstić information content (AvgIpc) is 3.31. The number of imidazole rings is 1. The van der Waals surface area contributed by atoms with Crippen molar-refractivity contribution in [1.29, 1.82) is 0 Å². The lowest BCUT2D eigenvalue weighted by Gasteiger charge is -2.31. The van der Waals surface area contributed by atoms with Gasteiger partial charge in [-0.2, -0.15) is 0 Å². The summed E-state index contributed by atoms with van der Waals surface area (Å²) in [5, 5.41) is -0.135. The molecule has 0 atom stereocenters. The van der Waals surface area contributed by atoms with Crippen LogP contribution in [0, 0.1) is 11.7 Å². The van der Waals surface area contributed by atoms with E-state index in [0.29, 0.717) is 32.0 Å². The van der Waals surface area contributed by atoms with Crippen LogP contribution in [0.15, 0.2) is 66.0 Å². The number of hydrogen-bond donors (Lipinski definition) is 0. The molecule has 1 aliphatic heterocycles. The number of carbonyl (C=O) groups excluding carboxylic acids is 1. The topological polar surface area (TPSA) is 84.7 Å². The Balaban J connectivity index is 1.65. The monoisotopic (exact) mass is 542 g/mol. The van der Waals surface area contributed by atoms with Crippen molar-refractivity contribution in [2.24, 2.45) is 5.92 Å². The summed E-state index contributed by atoms with van der Waals surface area (Å²) in [7, 11) is -3.98. The lowest BCUT2D eigenvalue weighted by molar-refractivity contribution is -0.135. The predicted octanol–water partition coefficient (Wildman–Crippen LogP) is 3.36. The third-order valence-electron chi connectivity index (χ3n) is 6.61. The van der Waals surface area contributed by atoms with Crippen LogP contribution in [0.5, 0.6) is 0 Å². The molecule has 1 amide bonds. The molecule has 204 valence electrons. The van der Waals surface area contributed by atoms with E-state index in [4.69, 9.17) is 4.74 Å². The molecule has 1 aliphatic rings. The van der Waals surface area contributed by atoms with Gasteiger partial charge < -0.3 is 14.2 Å². The number of benzene rings is 2. The SMILES string of the molecule is CC(C)C(=O)N(CCN1CCOCC1)Cc1cnc(S(=O)(=O)Cc2ccccc2F)n1Cc1ccccc1. The Morgan fingerprint density at radius 1 is 1.08 bits per heavy atom. The molecule has 0 radical (unpaired) electrons. The number of hydrogen-bond acceptors (Lipinski definition) is 6. The van der Waals surface area contributed by atoms with Gasteiger partial charge in [0.15, 0.2) is 0 Å². The zero-order valence-corrected chi connectivity index (χ0v) is 22.7. The molecule has 1 aromatic heterocycles. The first-order valence-electron chi connectivity index (χ1n) is 12.9. The van der Waals surface area contributed by atoms with Gasteiger partial charge in [-0.05, 0) is 11.6 Å². The zero-order valence-electron chi connectivity index (χ0n) is 21.9. The van der Waals surface area contributed by atoms with Gasteiger partial charge in [0.2, 0.25) is 20.9 Å². The lowest BCUT2D eigenvalue weighted by Crippen LogP contribution is -2.44. The Bertz CT molecular complexity index is 1320. The zero-order chi connectivity index (χ0) is 27.1. The van der Waals surface area contributed by atoms with E-state index in [1.165, 1.54) is 24.4 Å². The highest BCUT2D eigenvalue weighted by Crippen LogP contribution is 2.22. The fraction of sp³-hybridized carbons (Fsp3) is 0.429. The normalized spacial score (nSPS) is 14.6. The Labute approximate surface area is 224 Å². The first-order valence-corrected chi connectivity index (χ1v) is 14.5. The van der Waals surface area contributed by atoms with Crippen molar-refractivity contribution in [2.75, 3.05) is 39.4 Å². The third kappa shape index (κ3) is 7.06. The van der Waals surface area contributed by atoms with E-state index in [1.54, 1.807) is 15.5 Å². The van der Waals surface area contributed by atoms with Crippen LogP contribution in [0.25, 0.3) is 0 Å². The molecule has 10 heteroatoms. The van der Waals surface area contributed by atoms with Gasteiger partial charge in [-0.15, -0.1) is 0 Å². The summed E-state index contributed by atoms with van der Waals surface area (Å²) >= 11 is 0. The van der Waals surface area contributed by atoms with Crippen molar-refractivity contribution < 1.29 is 22.3 Å². The largest absolute Gasteiger partial charge is 0.379 e. The molecule has 0 bridgehead atoms. The minimum atomic E-state index is -3.98. The van der Waals surface area contributed by atoms with Crippen molar-refractivity contribution >= 4 is 15.7 Å². The molecule has 2 heterocycles. The number of amides is 1. The molecule has 3 aromatic rings. The van der Waals surface area contributed by atoms with E-state index in [-0.39, 0.29) is 35.6 Å². The van der Waals surface area contributed by atoms with Crippen LogP contribution < -0.4 is 0 Å². The van der Waals surface area contributed by atoms with E-state index >= 15 is 0 Å². The van der Waals surface area contributed by atoms with Gasteiger partial charge >= 0.3 is 0 Å². The van der Waals surface area contributed by atoms with E-state index in [0.717, 1.165) is 18.7 Å². The van der Waals surface area contributed by atoms with Gasteiger partial charge in [-0.25, -0.2) is 17.8 Å². The van der Waals surface area contributed by atoms with E-state index in [2.05, 4.69) is 9.88 Å². The van der Waals surface area contributed by atoms with Crippen molar-refractivity contribution in [2.45, 2.75) is 37.8 Å². The minimum Gasteiger partial charge on any atom is -0.379 e. The lowest BCUT2D eigenvalue weighted by atomic mass is 10.2. The van der Waals surface area contributed by atoms with Crippen LogP contribution in [0.2, 0.25) is 0 Å². The standard InChI is InChI=1S/C28H35FN4O4S/c1-22(2)27(34)32(13-12-31-14-16-37-17-15-31)20-25-18-30-28(33(25)19-23-8-4-3-5-9-23)38(35,36)21-24-10-6-7-11-26(24)29/h3-11,18,22H,12-17,19-21H2,1-2H3. The molecule has 0 N–H and O–H groups in total. The Morgan fingerprint density at radius 2 is 1.76 bits per heavy atom. The van der Waals surface area contributed by atoms with Gasteiger partial charge in [0.1, 0.15) is 5.82 Å². The number of rotatable bonds is 11. The predicted molar refractivity (Wildman–Crippen MR) is 143 cm³/mol. The van der Waals surface area contributed by atoms with Crippen LogP contribution in [0.4, 0.5) is 4.39 Å². The molecule has 0 unspecified atom stereocenters. The van der Waals surface area contributed by atoms with Crippen LogP contribution in [0.1, 0.15) is 30.7 Å². The van der Waals surface area contributed by atoms with Crippen molar-refractivity contribution in [3.63, 3.8) is 0 Å². The van der Waals surface area contributed by atoms with E-state index < -0.39 is 21.4 Å². The molecular weight excluding hydrogens is 507 g/mol. The van der Waals surface area contributed by atoms with Crippen LogP contribution >= 0.6 is 0 Å². The van der Waals surface area contributed by atoms with Crippen LogP contribution in [0.3, 0.4) is 0 Å². The fourth-order valence-corrected chi connectivity index (χ4v) is 6.00. The maximum atomic E-state index is 14.3. The van der Waals surface area contributed by atoms with Gasteiger partial charge in [-0.3, -0.25) is 9.69 Å². The molecule has 1 fully saturated rings. The van der Waals surface area contributed by atoms with E-state index in [9.17, 15) is 17.6 Å². The number of ether oxygens (including phenoxy) is 1. The molecule has 0 saturated carbocycles. The first kappa shape index (κ1) is 27.9. The van der Waals surface area contributed by atoms with Gasteiger partial charge in [0.25, 0.3) is 0 Å². The van der Waals surface area contributed by atoms with Crippen molar-refractivity contribution in [3.05, 3.63) is 83.4 Å². The minimum absolute atomic E-state index is 0.0125. The number of aromatic nitrogens is 2. The summed E-state index contributed by atoms with van der Waals surface area (Å²) in [4.78, 5) is 21.5. The second-order valence-corrected chi connectivity index (χ2v) is 11.7. The second-order valence-electron chi connectivity index (χ2n) is 9.82. The van der Waals surface area contributed by atoms with Crippen LogP contribution in [-0.2, 0) is 38.2 Å². The molecule has 0 spiro atoms. The summed E-state index contributed by atoms with van der Waals surface area (Å²) in [6, 6.07) is 15.3. The third-order valence-corrected chi connectivity index (χ3v) is 8.19. The number of carbonyl (C=O) groups is 1. The van der Waals surface area contributed by atoms with Gasteiger partial charge in [0, 0.05) is 37.7 Å². The Morgan fingerprint density at radius 3 is 2.45 bits per heavy atom. The van der Waals surface area contributed by atoms with E-state index in [1.807, 2.05) is 44.2 Å². The number of sulfone groups is 1. The summed E-state index contributed by atoms with van der Waals surface area (Å²) in [6.45, 7) is 8.37. The van der Waals surface area contributed by atoms with Crippen LogP contribution in [-0.4, -0.2) is 73.1 Å². The highest BCUT2D eigenvalue weighted by molar-refractivity contribution is 7.90. The Kier molecular flexibility index (Phi) is 9.30. The molecular formula is C28H35FN4O4S. The number of nitrogens with zero attached hydrogens (tertiary/aromatic N) is 4. The summed E-state index contributed by atoms with van der Waals surface area (Å²) in [5.41, 5.74) is 1.59. The summed E-state index contributed by atoms with van der Waals surface area (Å²) < 4.78 is 48.4. The summed E-state index contributed by atoms with van der Waals surface area (Å²) in [5.74, 6) is -1.30. The maximum Gasteiger partial charge on any atom is 0.228 e. The second kappa shape index (κ2) is 12.6. The molecule has 4 rings (SSSR count). The molecule has 8 nitrogen and oxygen atoms in total. The highest BCUT2D eigenvalue weighted by atomic mass is 32.2. The Hall–Kier alpha value is -3.08. The average molecular weight is 543 g/mol. The molecule has 2 aromatic carbocycles. The fourth-order valence-electron chi connectivity index (χ4n) is 4.50.